The van der Waals surface area contributed by atoms with E-state index < -0.39 is 36.2 Å². The van der Waals surface area contributed by atoms with E-state index in [1.54, 1.807) is 0 Å². The summed E-state index contributed by atoms with van der Waals surface area (Å²) in [6.07, 6.45) is 1.41. The van der Waals surface area contributed by atoms with Gasteiger partial charge in [0.1, 0.15) is 12.1 Å². The standard InChI is InChI=1S/C17H24N2O6/c1-10-6-16(2,3)9-17(7-10)14(22)19(15(23)18-17)8-12(20)25-11-4-5-24-13(11)21/h10-11H,4-9H2,1-3H3,(H,18,23)/t10-,11+,17+/m0/s1. The van der Waals surface area contributed by atoms with Crippen molar-refractivity contribution in [1.29, 1.82) is 0 Å². The average molecular weight is 352 g/mol. The number of carbonyl (C=O) groups is 4. The molecule has 2 aliphatic heterocycles. The van der Waals surface area contributed by atoms with Crippen molar-refractivity contribution in [3.8, 4) is 0 Å². The molecule has 8 heteroatoms. The minimum atomic E-state index is -0.954. The maximum Gasteiger partial charge on any atom is 0.347 e. The quantitative estimate of drug-likeness (QED) is 0.600. The summed E-state index contributed by atoms with van der Waals surface area (Å²) in [7, 11) is 0. The Kier molecular flexibility index (Phi) is 4.25. The lowest BCUT2D eigenvalue weighted by Gasteiger charge is -2.43. The topological polar surface area (TPSA) is 102 Å². The van der Waals surface area contributed by atoms with Gasteiger partial charge in [0.25, 0.3) is 5.91 Å². The molecule has 0 aromatic heterocycles. The molecule has 1 N–H and O–H groups in total. The van der Waals surface area contributed by atoms with Crippen molar-refractivity contribution in [3.05, 3.63) is 0 Å². The molecule has 3 rings (SSSR count). The van der Waals surface area contributed by atoms with E-state index in [0.717, 1.165) is 11.3 Å². The highest BCUT2D eigenvalue weighted by molar-refractivity contribution is 6.08. The fraction of sp³-hybridized carbons (Fsp3) is 0.765. The van der Waals surface area contributed by atoms with Gasteiger partial charge in [-0.15, -0.1) is 0 Å². The molecule has 1 aliphatic carbocycles. The third-order valence-corrected chi connectivity index (χ3v) is 5.07. The monoisotopic (exact) mass is 352 g/mol. The van der Waals surface area contributed by atoms with E-state index in [1.165, 1.54) is 0 Å². The number of amides is 3. The smallest absolute Gasteiger partial charge is 0.347 e. The summed E-state index contributed by atoms with van der Waals surface area (Å²) in [6.45, 7) is 5.92. The minimum absolute atomic E-state index is 0.0786. The van der Waals surface area contributed by atoms with E-state index in [1.807, 2.05) is 0 Å². The number of hydrogen-bond acceptors (Lipinski definition) is 6. The molecule has 1 spiro atoms. The number of urea groups is 1. The van der Waals surface area contributed by atoms with Gasteiger partial charge in [-0.2, -0.15) is 0 Å². The summed E-state index contributed by atoms with van der Waals surface area (Å²) >= 11 is 0. The lowest BCUT2D eigenvalue weighted by atomic mass is 9.64. The Labute approximate surface area is 146 Å². The molecule has 3 amide bonds. The first-order valence-electron chi connectivity index (χ1n) is 8.62. The summed E-state index contributed by atoms with van der Waals surface area (Å²) in [5.74, 6) is -1.48. The molecule has 3 aliphatic rings. The molecule has 0 radical (unpaired) electrons. The number of hydrogen-bond donors (Lipinski definition) is 1. The van der Waals surface area contributed by atoms with Crippen LogP contribution in [0.4, 0.5) is 4.79 Å². The summed E-state index contributed by atoms with van der Waals surface area (Å²) in [4.78, 5) is 49.5. The lowest BCUT2D eigenvalue weighted by molar-refractivity contribution is -0.161. The van der Waals surface area contributed by atoms with Gasteiger partial charge >= 0.3 is 18.0 Å². The zero-order valence-corrected chi connectivity index (χ0v) is 14.8. The maximum absolute atomic E-state index is 12.9. The molecule has 3 fully saturated rings. The van der Waals surface area contributed by atoms with Crippen LogP contribution >= 0.6 is 0 Å². The molecule has 2 saturated heterocycles. The largest absolute Gasteiger partial charge is 0.463 e. The number of ether oxygens (including phenoxy) is 2. The first-order chi connectivity index (χ1) is 11.6. The normalized spacial score (nSPS) is 34.2. The van der Waals surface area contributed by atoms with Gasteiger partial charge in [0.2, 0.25) is 6.10 Å². The van der Waals surface area contributed by atoms with Gasteiger partial charge in [0.05, 0.1) is 6.61 Å². The third-order valence-electron chi connectivity index (χ3n) is 5.07. The number of esters is 2. The summed E-state index contributed by atoms with van der Waals surface area (Å²) in [5.41, 5.74) is -1.03. The van der Waals surface area contributed by atoms with E-state index in [4.69, 9.17) is 9.47 Å². The van der Waals surface area contributed by atoms with Crippen molar-refractivity contribution < 1.29 is 28.7 Å². The van der Waals surface area contributed by atoms with Crippen LogP contribution < -0.4 is 5.32 Å². The van der Waals surface area contributed by atoms with E-state index in [9.17, 15) is 19.2 Å². The Balaban J connectivity index is 1.69. The Hall–Kier alpha value is -2.12. The van der Waals surface area contributed by atoms with Gasteiger partial charge < -0.3 is 14.8 Å². The molecule has 3 atom stereocenters. The van der Waals surface area contributed by atoms with Crippen LogP contribution in [0.15, 0.2) is 0 Å². The number of carbonyl (C=O) groups excluding carboxylic acids is 4. The Bertz CT molecular complexity index is 631. The fourth-order valence-electron chi connectivity index (χ4n) is 4.56. The van der Waals surface area contributed by atoms with Crippen LogP contribution in [0.1, 0.15) is 46.5 Å². The zero-order valence-electron chi connectivity index (χ0n) is 14.8. The van der Waals surface area contributed by atoms with Crippen molar-refractivity contribution in [3.63, 3.8) is 0 Å². The van der Waals surface area contributed by atoms with Crippen molar-refractivity contribution >= 4 is 23.9 Å². The second-order valence-corrected chi connectivity index (χ2v) is 8.19. The second kappa shape index (κ2) is 6.00. The highest BCUT2D eigenvalue weighted by Gasteiger charge is 2.56. The van der Waals surface area contributed by atoms with Crippen LogP contribution in [0.2, 0.25) is 0 Å². The van der Waals surface area contributed by atoms with E-state index in [0.29, 0.717) is 19.3 Å². The van der Waals surface area contributed by atoms with Gasteiger partial charge in [0, 0.05) is 6.42 Å². The summed E-state index contributed by atoms with van der Waals surface area (Å²) in [5, 5.41) is 2.80. The minimum Gasteiger partial charge on any atom is -0.463 e. The molecule has 2 heterocycles. The Morgan fingerprint density at radius 1 is 1.32 bits per heavy atom. The molecule has 25 heavy (non-hydrogen) atoms. The first-order valence-corrected chi connectivity index (χ1v) is 8.62. The second-order valence-electron chi connectivity index (χ2n) is 8.19. The molecular formula is C17H24N2O6. The Morgan fingerprint density at radius 2 is 2.04 bits per heavy atom. The maximum atomic E-state index is 12.9. The zero-order chi connectivity index (χ0) is 18.4. The van der Waals surface area contributed by atoms with Gasteiger partial charge in [0.15, 0.2) is 0 Å². The molecule has 0 bridgehead atoms. The highest BCUT2D eigenvalue weighted by atomic mass is 16.6. The van der Waals surface area contributed by atoms with Gasteiger partial charge in [-0.3, -0.25) is 14.5 Å². The molecule has 138 valence electrons. The number of imide groups is 1. The summed E-state index contributed by atoms with van der Waals surface area (Å²) < 4.78 is 9.76. The number of cyclic esters (lactones) is 1. The molecule has 0 aromatic carbocycles. The van der Waals surface area contributed by atoms with Gasteiger partial charge in [-0.25, -0.2) is 9.59 Å². The molecule has 0 aromatic rings. The Morgan fingerprint density at radius 3 is 2.64 bits per heavy atom. The predicted octanol–water partition coefficient (Wildman–Crippen LogP) is 0.982. The molecule has 0 unspecified atom stereocenters. The van der Waals surface area contributed by atoms with E-state index in [2.05, 4.69) is 26.1 Å². The molecule has 8 nitrogen and oxygen atoms in total. The molecular weight excluding hydrogens is 328 g/mol. The number of rotatable bonds is 3. The lowest BCUT2D eigenvalue weighted by Crippen LogP contribution is -2.54. The van der Waals surface area contributed by atoms with Crippen LogP contribution in [0.3, 0.4) is 0 Å². The van der Waals surface area contributed by atoms with Crippen LogP contribution in [0, 0.1) is 11.3 Å². The van der Waals surface area contributed by atoms with Crippen molar-refractivity contribution in [2.24, 2.45) is 11.3 Å². The predicted molar refractivity (Wildman–Crippen MR) is 85.2 cm³/mol. The van der Waals surface area contributed by atoms with Crippen molar-refractivity contribution in [2.45, 2.75) is 58.1 Å². The average Bonchev–Trinajstić information content (AvgIpc) is 2.94. The van der Waals surface area contributed by atoms with Crippen LogP contribution in [0.25, 0.3) is 0 Å². The number of nitrogens with one attached hydrogen (secondary N) is 1. The molecule has 1 saturated carbocycles. The third kappa shape index (κ3) is 3.34. The SMILES string of the molecule is C[C@H]1CC(C)(C)C[C@@]2(C1)NC(=O)N(CC(=O)O[C@@H]1CCOC1=O)C2=O. The van der Waals surface area contributed by atoms with Crippen LogP contribution in [0.5, 0.6) is 0 Å². The van der Waals surface area contributed by atoms with Gasteiger partial charge in [-0.1, -0.05) is 20.8 Å². The van der Waals surface area contributed by atoms with Crippen LogP contribution in [-0.4, -0.2) is 53.6 Å². The van der Waals surface area contributed by atoms with Gasteiger partial charge in [-0.05, 0) is 30.6 Å². The first kappa shape index (κ1) is 17.7. The van der Waals surface area contributed by atoms with Crippen molar-refractivity contribution in [1.82, 2.24) is 10.2 Å². The van der Waals surface area contributed by atoms with E-state index in [-0.39, 0.29) is 23.8 Å². The van der Waals surface area contributed by atoms with Crippen molar-refractivity contribution in [2.75, 3.05) is 13.2 Å². The summed E-state index contributed by atoms with van der Waals surface area (Å²) in [6, 6.07) is -0.583. The fourth-order valence-corrected chi connectivity index (χ4v) is 4.56. The van der Waals surface area contributed by atoms with E-state index >= 15 is 0 Å². The number of nitrogens with zero attached hydrogens (tertiary/aromatic N) is 1. The van der Waals surface area contributed by atoms with Crippen LogP contribution in [-0.2, 0) is 23.9 Å². The highest BCUT2D eigenvalue weighted by Crippen LogP contribution is 2.46.